The largest absolute Gasteiger partial charge is 0.503 e. The predicted molar refractivity (Wildman–Crippen MR) is 86.7 cm³/mol. The van der Waals surface area contributed by atoms with Crippen LogP contribution in [0.5, 0.6) is 11.5 Å². The minimum Gasteiger partial charge on any atom is -0.503 e. The fourth-order valence-corrected chi connectivity index (χ4v) is 2.88. The molecule has 2 aromatic carbocycles. The summed E-state index contributed by atoms with van der Waals surface area (Å²) in [5, 5.41) is 13.5. The number of ether oxygens (including phenoxy) is 1. The van der Waals surface area contributed by atoms with Crippen LogP contribution in [0.2, 0.25) is 0 Å². The van der Waals surface area contributed by atoms with Crippen molar-refractivity contribution in [1.82, 2.24) is 4.83 Å². The summed E-state index contributed by atoms with van der Waals surface area (Å²) >= 11 is 3.17. The fourth-order valence-electron chi connectivity index (χ4n) is 1.66. The van der Waals surface area contributed by atoms with Crippen molar-refractivity contribution in [1.29, 1.82) is 0 Å². The molecule has 122 valence electrons. The first-order valence-electron chi connectivity index (χ1n) is 6.21. The van der Waals surface area contributed by atoms with E-state index in [9.17, 15) is 17.9 Å². The molecule has 0 saturated heterocycles. The summed E-state index contributed by atoms with van der Waals surface area (Å²) in [6.07, 6.45) is 1.21. The van der Waals surface area contributed by atoms with E-state index in [4.69, 9.17) is 4.74 Å². The Kier molecular flexibility index (Phi) is 5.22. The molecule has 0 amide bonds. The summed E-state index contributed by atoms with van der Waals surface area (Å²) in [5.74, 6) is -0.399. The van der Waals surface area contributed by atoms with Crippen molar-refractivity contribution in [3.05, 3.63) is 52.3 Å². The quantitative estimate of drug-likeness (QED) is 0.594. The van der Waals surface area contributed by atoms with Crippen LogP contribution in [0.1, 0.15) is 5.56 Å². The molecular weight excluding hydrogens is 391 g/mol. The zero-order chi connectivity index (χ0) is 17.0. The van der Waals surface area contributed by atoms with Crippen LogP contribution in [0.25, 0.3) is 0 Å². The highest BCUT2D eigenvalue weighted by atomic mass is 79.9. The third kappa shape index (κ3) is 3.99. The number of nitrogens with zero attached hydrogens (tertiary/aromatic N) is 1. The van der Waals surface area contributed by atoms with Crippen LogP contribution in [0, 0.1) is 5.82 Å². The van der Waals surface area contributed by atoms with E-state index in [1.54, 1.807) is 6.07 Å². The SMILES string of the molecule is COc1ccc(/C=N/NS(=O)(=O)c2ccc(F)cc2)c(Br)c1O. The number of hydrogen-bond acceptors (Lipinski definition) is 5. The third-order valence-corrected chi connectivity index (χ3v) is 4.90. The highest BCUT2D eigenvalue weighted by Crippen LogP contribution is 2.35. The van der Waals surface area contributed by atoms with Gasteiger partial charge in [0.05, 0.1) is 22.7 Å². The zero-order valence-electron chi connectivity index (χ0n) is 11.8. The molecule has 2 aromatic rings. The average molecular weight is 403 g/mol. The van der Waals surface area contributed by atoms with Gasteiger partial charge in [-0.05, 0) is 52.3 Å². The molecule has 0 spiro atoms. The number of hydrazone groups is 1. The van der Waals surface area contributed by atoms with Gasteiger partial charge in [0.25, 0.3) is 10.0 Å². The molecule has 9 heteroatoms. The van der Waals surface area contributed by atoms with Gasteiger partial charge in [0.2, 0.25) is 0 Å². The van der Waals surface area contributed by atoms with Crippen molar-refractivity contribution in [2.45, 2.75) is 4.90 Å². The molecule has 2 rings (SSSR count). The number of phenols is 1. The standard InChI is InChI=1S/C14H12BrFN2O4S/c1-22-12-7-2-9(13(15)14(12)19)8-17-18-23(20,21)11-5-3-10(16)4-6-11/h2-8,18-19H,1H3/b17-8+. The predicted octanol–water partition coefficient (Wildman–Crippen LogP) is 2.61. The van der Waals surface area contributed by atoms with Crippen molar-refractivity contribution >= 4 is 32.2 Å². The van der Waals surface area contributed by atoms with E-state index in [0.29, 0.717) is 10.0 Å². The molecule has 0 aromatic heterocycles. The molecule has 0 fully saturated rings. The van der Waals surface area contributed by atoms with Crippen LogP contribution in [0.4, 0.5) is 4.39 Å². The van der Waals surface area contributed by atoms with Crippen molar-refractivity contribution in [2.75, 3.05) is 7.11 Å². The van der Waals surface area contributed by atoms with E-state index in [0.717, 1.165) is 24.3 Å². The van der Waals surface area contributed by atoms with Crippen LogP contribution < -0.4 is 9.57 Å². The molecule has 2 N–H and O–H groups in total. The highest BCUT2D eigenvalue weighted by molar-refractivity contribution is 9.10. The van der Waals surface area contributed by atoms with Crippen LogP contribution in [-0.4, -0.2) is 26.8 Å². The smallest absolute Gasteiger partial charge is 0.276 e. The molecule has 0 unspecified atom stereocenters. The number of methoxy groups -OCH3 is 1. The number of benzene rings is 2. The molecule has 0 aliphatic heterocycles. The van der Waals surface area contributed by atoms with Crippen LogP contribution in [0.15, 0.2) is 50.9 Å². The monoisotopic (exact) mass is 402 g/mol. The maximum absolute atomic E-state index is 12.8. The lowest BCUT2D eigenvalue weighted by atomic mass is 10.2. The maximum Gasteiger partial charge on any atom is 0.276 e. The number of halogens is 2. The van der Waals surface area contributed by atoms with Crippen molar-refractivity contribution in [3.63, 3.8) is 0 Å². The highest BCUT2D eigenvalue weighted by Gasteiger charge is 2.13. The van der Waals surface area contributed by atoms with E-state index in [1.165, 1.54) is 19.4 Å². The minimum atomic E-state index is -3.90. The second kappa shape index (κ2) is 6.97. The van der Waals surface area contributed by atoms with Gasteiger partial charge in [0.1, 0.15) is 5.82 Å². The number of aromatic hydroxyl groups is 1. The molecule has 0 radical (unpaired) electrons. The van der Waals surface area contributed by atoms with Crippen molar-refractivity contribution < 1.29 is 22.7 Å². The minimum absolute atomic E-state index is 0.118. The summed E-state index contributed by atoms with van der Waals surface area (Å²) < 4.78 is 42.0. The molecule has 0 saturated carbocycles. The van der Waals surface area contributed by atoms with Gasteiger partial charge < -0.3 is 9.84 Å². The number of phenolic OH excluding ortho intramolecular Hbond substituents is 1. The molecule has 0 aliphatic rings. The number of rotatable bonds is 5. The molecule has 6 nitrogen and oxygen atoms in total. The lowest BCUT2D eigenvalue weighted by molar-refractivity contribution is 0.372. The van der Waals surface area contributed by atoms with Crippen LogP contribution in [0.3, 0.4) is 0 Å². The first-order valence-corrected chi connectivity index (χ1v) is 8.48. The van der Waals surface area contributed by atoms with Gasteiger partial charge in [-0.2, -0.15) is 13.5 Å². The van der Waals surface area contributed by atoms with Gasteiger partial charge in [0.15, 0.2) is 11.5 Å². The second-order valence-electron chi connectivity index (χ2n) is 4.33. The van der Waals surface area contributed by atoms with Gasteiger partial charge in [-0.15, -0.1) is 0 Å². The van der Waals surface area contributed by atoms with Gasteiger partial charge >= 0.3 is 0 Å². The first kappa shape index (κ1) is 17.2. The number of sulfonamides is 1. The molecule has 0 bridgehead atoms. The van der Waals surface area contributed by atoms with E-state index in [2.05, 4.69) is 21.0 Å². The summed E-state index contributed by atoms with van der Waals surface area (Å²) in [4.78, 5) is 1.89. The summed E-state index contributed by atoms with van der Waals surface area (Å²) in [6, 6.07) is 7.42. The van der Waals surface area contributed by atoms with Gasteiger partial charge in [-0.1, -0.05) is 0 Å². The van der Waals surface area contributed by atoms with E-state index < -0.39 is 15.8 Å². The third-order valence-electron chi connectivity index (χ3n) is 2.83. The summed E-state index contributed by atoms with van der Waals surface area (Å²) in [7, 11) is -2.49. The Bertz CT molecular complexity index is 839. The maximum atomic E-state index is 12.8. The normalized spacial score (nSPS) is 11.6. The molecule has 0 atom stereocenters. The summed E-state index contributed by atoms with van der Waals surface area (Å²) in [6.45, 7) is 0. The second-order valence-corrected chi connectivity index (χ2v) is 6.78. The molecule has 0 aliphatic carbocycles. The zero-order valence-corrected chi connectivity index (χ0v) is 14.2. The first-order chi connectivity index (χ1) is 10.8. The van der Waals surface area contributed by atoms with Crippen LogP contribution in [-0.2, 0) is 10.0 Å². The average Bonchev–Trinajstić information content (AvgIpc) is 2.52. The van der Waals surface area contributed by atoms with Crippen molar-refractivity contribution in [3.8, 4) is 11.5 Å². The molecule has 0 heterocycles. The van der Waals surface area contributed by atoms with Crippen LogP contribution >= 0.6 is 15.9 Å². The summed E-state index contributed by atoms with van der Waals surface area (Å²) in [5.41, 5.74) is 0.435. The Labute approximate surface area is 140 Å². The lowest BCUT2D eigenvalue weighted by Gasteiger charge is -2.07. The number of hydrogen-bond donors (Lipinski definition) is 2. The lowest BCUT2D eigenvalue weighted by Crippen LogP contribution is -2.18. The fraction of sp³-hybridized carbons (Fsp3) is 0.0714. The van der Waals surface area contributed by atoms with E-state index in [1.807, 2.05) is 4.83 Å². The van der Waals surface area contributed by atoms with Crippen molar-refractivity contribution in [2.24, 2.45) is 5.10 Å². The Balaban J connectivity index is 2.18. The van der Waals surface area contributed by atoms with Gasteiger partial charge in [0, 0.05) is 5.56 Å². The topological polar surface area (TPSA) is 88.0 Å². The Morgan fingerprint density at radius 1 is 1.26 bits per heavy atom. The Morgan fingerprint density at radius 3 is 2.52 bits per heavy atom. The Hall–Kier alpha value is -2.13. The number of nitrogens with one attached hydrogen (secondary N) is 1. The van der Waals surface area contributed by atoms with E-state index in [-0.39, 0.29) is 16.4 Å². The van der Waals surface area contributed by atoms with Gasteiger partial charge in [-0.3, -0.25) is 0 Å². The Morgan fingerprint density at radius 2 is 1.91 bits per heavy atom. The molecular formula is C14H12BrFN2O4S. The molecule has 23 heavy (non-hydrogen) atoms. The van der Waals surface area contributed by atoms with E-state index >= 15 is 0 Å². The van der Waals surface area contributed by atoms with Gasteiger partial charge in [-0.25, -0.2) is 9.22 Å².